The van der Waals surface area contributed by atoms with Crippen molar-refractivity contribution in [3.63, 3.8) is 0 Å². The van der Waals surface area contributed by atoms with E-state index in [2.05, 4.69) is 13.0 Å². The summed E-state index contributed by atoms with van der Waals surface area (Å²) < 4.78 is 18.9. The predicted octanol–water partition coefficient (Wildman–Crippen LogP) is 6.32. The molecule has 0 saturated heterocycles. The van der Waals surface area contributed by atoms with Gasteiger partial charge in [-0.05, 0) is 74.4 Å². The zero-order chi connectivity index (χ0) is 20.7. The van der Waals surface area contributed by atoms with Gasteiger partial charge in [-0.1, -0.05) is 49.4 Å². The van der Waals surface area contributed by atoms with Crippen molar-refractivity contribution in [2.45, 2.75) is 65.8 Å². The van der Waals surface area contributed by atoms with Crippen LogP contribution in [0.2, 0.25) is 0 Å². The Kier molecular flexibility index (Phi) is 5.33. The lowest BCUT2D eigenvalue weighted by Gasteiger charge is -2.42. The SMILES string of the molecule is CCc1cc(-c2ccc(CF)cc2)ccc1C1=C(C)C(C)(C)OC(C)(C)C1=O. The number of rotatable bonds is 4. The van der Waals surface area contributed by atoms with E-state index in [-0.39, 0.29) is 5.78 Å². The summed E-state index contributed by atoms with van der Waals surface area (Å²) in [4.78, 5) is 13.2. The van der Waals surface area contributed by atoms with Crippen LogP contribution >= 0.6 is 0 Å². The van der Waals surface area contributed by atoms with E-state index in [1.54, 1.807) is 0 Å². The molecular formula is C25H29FO2. The van der Waals surface area contributed by atoms with Crippen molar-refractivity contribution in [1.82, 2.24) is 0 Å². The number of benzene rings is 2. The smallest absolute Gasteiger partial charge is 0.194 e. The Balaban J connectivity index is 2.13. The van der Waals surface area contributed by atoms with E-state index in [1.165, 1.54) is 0 Å². The first-order valence-corrected chi connectivity index (χ1v) is 9.85. The van der Waals surface area contributed by atoms with Crippen molar-refractivity contribution >= 4 is 11.4 Å². The van der Waals surface area contributed by atoms with Gasteiger partial charge in [-0.3, -0.25) is 4.79 Å². The van der Waals surface area contributed by atoms with Crippen molar-refractivity contribution in [3.05, 3.63) is 64.7 Å². The van der Waals surface area contributed by atoms with Crippen LogP contribution in [0.1, 0.15) is 58.2 Å². The number of ether oxygens (including phenoxy) is 1. The Hall–Kier alpha value is -2.26. The molecule has 28 heavy (non-hydrogen) atoms. The van der Waals surface area contributed by atoms with Crippen LogP contribution in [0.5, 0.6) is 0 Å². The fourth-order valence-electron chi connectivity index (χ4n) is 3.95. The minimum atomic E-state index is -0.857. The largest absolute Gasteiger partial charge is 0.357 e. The van der Waals surface area contributed by atoms with E-state index >= 15 is 0 Å². The van der Waals surface area contributed by atoms with Crippen LogP contribution in [0, 0.1) is 0 Å². The van der Waals surface area contributed by atoms with E-state index in [1.807, 2.05) is 71.0 Å². The number of alkyl halides is 1. The Bertz CT molecular complexity index is 934. The quantitative estimate of drug-likeness (QED) is 0.621. The first-order chi connectivity index (χ1) is 13.1. The molecule has 1 aliphatic rings. The van der Waals surface area contributed by atoms with Crippen LogP contribution in [-0.2, 0) is 22.6 Å². The topological polar surface area (TPSA) is 26.3 Å². The first kappa shape index (κ1) is 20.5. The normalized spacial score (nSPS) is 18.5. The molecule has 0 unspecified atom stereocenters. The van der Waals surface area contributed by atoms with Gasteiger partial charge in [-0.2, -0.15) is 0 Å². The molecule has 0 aromatic heterocycles. The molecule has 1 aliphatic heterocycles. The monoisotopic (exact) mass is 380 g/mol. The van der Waals surface area contributed by atoms with Crippen molar-refractivity contribution < 1.29 is 13.9 Å². The third-order valence-corrected chi connectivity index (χ3v) is 5.76. The van der Waals surface area contributed by atoms with Gasteiger partial charge in [-0.25, -0.2) is 4.39 Å². The maximum atomic E-state index is 13.2. The van der Waals surface area contributed by atoms with Crippen LogP contribution in [0.3, 0.4) is 0 Å². The molecule has 148 valence electrons. The highest BCUT2D eigenvalue weighted by atomic mass is 19.1. The second kappa shape index (κ2) is 7.29. The molecule has 0 saturated carbocycles. The zero-order valence-electron chi connectivity index (χ0n) is 17.7. The molecular weight excluding hydrogens is 351 g/mol. The molecule has 3 rings (SSSR count). The Morgan fingerprint density at radius 2 is 1.54 bits per heavy atom. The summed E-state index contributed by atoms with van der Waals surface area (Å²) in [5.74, 6) is 0.0269. The standard InChI is InChI=1S/C25H29FO2/c1-7-18-14-20(19-10-8-17(15-26)9-11-19)12-13-21(18)22-16(2)24(3,4)28-25(5,6)23(22)27/h8-14H,7,15H2,1-6H3. The number of aryl methyl sites for hydroxylation is 1. The van der Waals surface area contributed by atoms with E-state index in [4.69, 9.17) is 4.74 Å². The molecule has 0 radical (unpaired) electrons. The summed E-state index contributed by atoms with van der Waals surface area (Å²) in [6.07, 6.45) is 0.817. The van der Waals surface area contributed by atoms with Crippen molar-refractivity contribution in [1.29, 1.82) is 0 Å². The molecule has 2 aromatic carbocycles. The van der Waals surface area contributed by atoms with Crippen LogP contribution in [0.15, 0.2) is 48.0 Å². The lowest BCUT2D eigenvalue weighted by molar-refractivity contribution is -0.152. The summed E-state index contributed by atoms with van der Waals surface area (Å²) in [7, 11) is 0. The van der Waals surface area contributed by atoms with Crippen LogP contribution in [0.4, 0.5) is 4.39 Å². The Morgan fingerprint density at radius 1 is 0.929 bits per heavy atom. The van der Waals surface area contributed by atoms with Gasteiger partial charge in [0.05, 0.1) is 5.60 Å². The third-order valence-electron chi connectivity index (χ3n) is 5.76. The number of halogens is 1. The van der Waals surface area contributed by atoms with Crippen molar-refractivity contribution in [2.24, 2.45) is 0 Å². The van der Waals surface area contributed by atoms with Gasteiger partial charge in [0.2, 0.25) is 0 Å². The van der Waals surface area contributed by atoms with Gasteiger partial charge >= 0.3 is 0 Å². The maximum Gasteiger partial charge on any atom is 0.194 e. The van der Waals surface area contributed by atoms with E-state index < -0.39 is 17.9 Å². The molecule has 0 amide bonds. The van der Waals surface area contributed by atoms with Crippen molar-refractivity contribution in [2.75, 3.05) is 0 Å². The number of hydrogen-bond donors (Lipinski definition) is 0. The molecule has 2 aromatic rings. The lowest BCUT2D eigenvalue weighted by atomic mass is 9.78. The predicted molar refractivity (Wildman–Crippen MR) is 113 cm³/mol. The number of Topliss-reactive ketones (excluding diaryl/α,β-unsaturated/α-hetero) is 1. The van der Waals surface area contributed by atoms with Crippen molar-refractivity contribution in [3.8, 4) is 11.1 Å². The highest BCUT2D eigenvalue weighted by molar-refractivity contribution is 6.26. The summed E-state index contributed by atoms with van der Waals surface area (Å²) in [6, 6.07) is 13.7. The summed E-state index contributed by atoms with van der Waals surface area (Å²) >= 11 is 0. The molecule has 2 nitrogen and oxygen atoms in total. The van der Waals surface area contributed by atoms with E-state index in [9.17, 15) is 9.18 Å². The molecule has 0 fully saturated rings. The highest BCUT2D eigenvalue weighted by Gasteiger charge is 2.45. The summed E-state index contributed by atoms with van der Waals surface area (Å²) in [5.41, 5.74) is 5.29. The van der Waals surface area contributed by atoms with Gasteiger partial charge in [0.15, 0.2) is 5.78 Å². The molecule has 1 heterocycles. The van der Waals surface area contributed by atoms with Crippen LogP contribution < -0.4 is 0 Å². The number of hydrogen-bond acceptors (Lipinski definition) is 2. The number of ketones is 1. The van der Waals surface area contributed by atoms with Gasteiger partial charge in [0, 0.05) is 5.57 Å². The summed E-state index contributed by atoms with van der Waals surface area (Å²) in [6.45, 7) is 11.4. The maximum absolute atomic E-state index is 13.2. The van der Waals surface area contributed by atoms with E-state index in [0.717, 1.165) is 39.8 Å². The third kappa shape index (κ3) is 3.56. The molecule has 0 N–H and O–H groups in total. The zero-order valence-corrected chi connectivity index (χ0v) is 17.7. The van der Waals surface area contributed by atoms with Gasteiger partial charge in [-0.15, -0.1) is 0 Å². The minimum Gasteiger partial charge on any atom is -0.357 e. The average molecular weight is 381 g/mol. The van der Waals surface area contributed by atoms with Gasteiger partial charge in [0.1, 0.15) is 12.3 Å². The Labute approximate surface area is 167 Å². The second-order valence-electron chi connectivity index (χ2n) is 8.51. The highest BCUT2D eigenvalue weighted by Crippen LogP contribution is 2.42. The molecule has 0 aliphatic carbocycles. The first-order valence-electron chi connectivity index (χ1n) is 9.85. The average Bonchev–Trinajstić information content (AvgIpc) is 2.66. The van der Waals surface area contributed by atoms with Crippen LogP contribution in [-0.4, -0.2) is 17.0 Å². The molecule has 0 spiro atoms. The summed E-state index contributed by atoms with van der Waals surface area (Å²) in [5, 5.41) is 0. The fraction of sp³-hybridized carbons (Fsp3) is 0.400. The molecule has 0 atom stereocenters. The number of carbonyl (C=O) groups excluding carboxylic acids is 1. The fourth-order valence-corrected chi connectivity index (χ4v) is 3.95. The molecule has 3 heteroatoms. The lowest BCUT2D eigenvalue weighted by Crippen LogP contribution is -2.49. The number of carbonyl (C=O) groups is 1. The minimum absolute atomic E-state index is 0.0269. The van der Waals surface area contributed by atoms with Gasteiger partial charge < -0.3 is 4.74 Å². The van der Waals surface area contributed by atoms with E-state index in [0.29, 0.717) is 5.56 Å². The van der Waals surface area contributed by atoms with Crippen LogP contribution in [0.25, 0.3) is 16.7 Å². The second-order valence-corrected chi connectivity index (χ2v) is 8.51. The van der Waals surface area contributed by atoms with Gasteiger partial charge in [0.25, 0.3) is 0 Å². The molecule has 0 bridgehead atoms. The Morgan fingerprint density at radius 3 is 2.11 bits per heavy atom.